The highest BCUT2D eigenvalue weighted by atomic mass is 79.9. The molecule has 5 heteroatoms. The van der Waals surface area contributed by atoms with Gasteiger partial charge in [-0.25, -0.2) is 8.42 Å². The Morgan fingerprint density at radius 2 is 1.75 bits per heavy atom. The van der Waals surface area contributed by atoms with Crippen molar-refractivity contribution >= 4 is 26.0 Å². The van der Waals surface area contributed by atoms with E-state index in [0.29, 0.717) is 24.8 Å². The summed E-state index contributed by atoms with van der Waals surface area (Å²) in [6, 6.07) is 9.72. The van der Waals surface area contributed by atoms with E-state index in [9.17, 15) is 8.42 Å². The molecule has 20 heavy (non-hydrogen) atoms. The van der Waals surface area contributed by atoms with E-state index < -0.39 is 10.0 Å². The maximum atomic E-state index is 12.5. The van der Waals surface area contributed by atoms with Gasteiger partial charge in [-0.1, -0.05) is 67.0 Å². The molecule has 0 aliphatic carbocycles. The molecule has 0 aliphatic heterocycles. The number of halogens is 1. The Hall–Kier alpha value is -0.390. The van der Waals surface area contributed by atoms with Gasteiger partial charge in [-0.15, -0.1) is 0 Å². The standard InChI is InChI=1S/C15H24BrNO2S/c1-15(2,3)9-12-20(18,19)17(11-10-16)13-14-7-5-4-6-8-14/h4-8H,9-13H2,1-3H3. The third-order valence-electron chi connectivity index (χ3n) is 3.04. The lowest BCUT2D eigenvalue weighted by Crippen LogP contribution is -2.35. The maximum absolute atomic E-state index is 12.5. The van der Waals surface area contributed by atoms with Gasteiger partial charge in [0.1, 0.15) is 0 Å². The van der Waals surface area contributed by atoms with Crippen molar-refractivity contribution < 1.29 is 8.42 Å². The Labute approximate surface area is 131 Å². The van der Waals surface area contributed by atoms with Crippen LogP contribution < -0.4 is 0 Å². The van der Waals surface area contributed by atoms with Crippen LogP contribution in [-0.2, 0) is 16.6 Å². The molecule has 3 nitrogen and oxygen atoms in total. The van der Waals surface area contributed by atoms with Gasteiger partial charge in [-0.2, -0.15) is 4.31 Å². The Balaban J connectivity index is 2.78. The molecule has 1 aromatic carbocycles. The molecule has 1 rings (SSSR count). The van der Waals surface area contributed by atoms with Crippen LogP contribution in [0, 0.1) is 5.41 Å². The van der Waals surface area contributed by atoms with Crippen LogP contribution in [0.25, 0.3) is 0 Å². The highest BCUT2D eigenvalue weighted by molar-refractivity contribution is 9.09. The first-order chi connectivity index (χ1) is 9.24. The van der Waals surface area contributed by atoms with Crippen LogP contribution >= 0.6 is 15.9 Å². The minimum Gasteiger partial charge on any atom is -0.212 e. The summed E-state index contributed by atoms with van der Waals surface area (Å²) in [5.74, 6) is 0.205. The van der Waals surface area contributed by atoms with Crippen molar-refractivity contribution in [2.45, 2.75) is 33.7 Å². The van der Waals surface area contributed by atoms with E-state index in [2.05, 4.69) is 36.7 Å². The summed E-state index contributed by atoms with van der Waals surface area (Å²) in [5, 5.41) is 0.647. The zero-order valence-electron chi connectivity index (χ0n) is 12.5. The summed E-state index contributed by atoms with van der Waals surface area (Å²) >= 11 is 3.34. The molecule has 1 aromatic rings. The number of benzene rings is 1. The van der Waals surface area contributed by atoms with E-state index in [1.807, 2.05) is 30.3 Å². The molecule has 0 amide bonds. The highest BCUT2D eigenvalue weighted by Gasteiger charge is 2.24. The average molecular weight is 362 g/mol. The molecule has 0 saturated heterocycles. The minimum atomic E-state index is -3.21. The number of sulfonamides is 1. The molecule has 0 heterocycles. The third kappa shape index (κ3) is 6.37. The number of alkyl halides is 1. The first-order valence-corrected chi connectivity index (χ1v) is 9.55. The first kappa shape index (κ1) is 17.7. The molecule has 0 saturated carbocycles. The summed E-state index contributed by atoms with van der Waals surface area (Å²) < 4.78 is 26.5. The fourth-order valence-corrected chi connectivity index (χ4v) is 4.27. The normalized spacial score (nSPS) is 12.8. The van der Waals surface area contributed by atoms with Crippen LogP contribution in [0.2, 0.25) is 0 Å². The van der Waals surface area contributed by atoms with Crippen molar-refractivity contribution in [1.82, 2.24) is 4.31 Å². The number of hydrogen-bond acceptors (Lipinski definition) is 2. The highest BCUT2D eigenvalue weighted by Crippen LogP contribution is 2.21. The molecule has 0 radical (unpaired) electrons. The van der Waals surface area contributed by atoms with Crippen LogP contribution in [0.3, 0.4) is 0 Å². The monoisotopic (exact) mass is 361 g/mol. The Kier molecular flexibility index (Phi) is 6.69. The molecule has 0 atom stereocenters. The predicted molar refractivity (Wildman–Crippen MR) is 88.5 cm³/mol. The number of hydrogen-bond donors (Lipinski definition) is 0. The van der Waals surface area contributed by atoms with Gasteiger partial charge in [-0.05, 0) is 17.4 Å². The van der Waals surface area contributed by atoms with E-state index >= 15 is 0 Å². The van der Waals surface area contributed by atoms with E-state index in [-0.39, 0.29) is 11.2 Å². The topological polar surface area (TPSA) is 37.4 Å². The molecule has 0 aromatic heterocycles. The van der Waals surface area contributed by atoms with E-state index in [0.717, 1.165) is 5.56 Å². The van der Waals surface area contributed by atoms with Crippen molar-refractivity contribution in [3.05, 3.63) is 35.9 Å². The van der Waals surface area contributed by atoms with E-state index in [1.54, 1.807) is 4.31 Å². The molecular weight excluding hydrogens is 338 g/mol. The molecule has 114 valence electrons. The second kappa shape index (κ2) is 7.57. The van der Waals surface area contributed by atoms with Crippen molar-refractivity contribution in [3.63, 3.8) is 0 Å². The van der Waals surface area contributed by atoms with Crippen molar-refractivity contribution in [2.24, 2.45) is 5.41 Å². The summed E-state index contributed by atoms with van der Waals surface area (Å²) in [4.78, 5) is 0. The summed E-state index contributed by atoms with van der Waals surface area (Å²) in [7, 11) is -3.21. The molecule has 0 aliphatic rings. The van der Waals surface area contributed by atoms with Crippen molar-refractivity contribution in [1.29, 1.82) is 0 Å². The number of nitrogens with zero attached hydrogens (tertiary/aromatic N) is 1. The molecule has 0 unspecified atom stereocenters. The van der Waals surface area contributed by atoms with E-state index in [4.69, 9.17) is 0 Å². The lowest BCUT2D eigenvalue weighted by Gasteiger charge is -2.24. The van der Waals surface area contributed by atoms with Crippen LogP contribution in [0.5, 0.6) is 0 Å². The summed E-state index contributed by atoms with van der Waals surface area (Å²) in [5.41, 5.74) is 1.05. The quantitative estimate of drug-likeness (QED) is 0.695. The van der Waals surface area contributed by atoms with Gasteiger partial charge in [0.2, 0.25) is 10.0 Å². The van der Waals surface area contributed by atoms with Gasteiger partial charge >= 0.3 is 0 Å². The first-order valence-electron chi connectivity index (χ1n) is 6.82. The molecule has 0 N–H and O–H groups in total. The zero-order valence-corrected chi connectivity index (χ0v) is 14.9. The fraction of sp³-hybridized carbons (Fsp3) is 0.600. The van der Waals surface area contributed by atoms with Crippen molar-refractivity contribution in [2.75, 3.05) is 17.6 Å². The SMILES string of the molecule is CC(C)(C)CCS(=O)(=O)N(CCBr)Cc1ccccc1. The molecule has 0 fully saturated rings. The Morgan fingerprint density at radius 1 is 1.15 bits per heavy atom. The maximum Gasteiger partial charge on any atom is 0.214 e. The summed E-state index contributed by atoms with van der Waals surface area (Å²) in [6.45, 7) is 7.14. The van der Waals surface area contributed by atoms with Crippen molar-refractivity contribution in [3.8, 4) is 0 Å². The predicted octanol–water partition coefficient (Wildman–Crippen LogP) is 3.65. The molecule has 0 spiro atoms. The van der Waals surface area contributed by atoms with Gasteiger partial charge in [0.05, 0.1) is 5.75 Å². The van der Waals surface area contributed by atoms with Gasteiger partial charge in [0, 0.05) is 18.4 Å². The summed E-state index contributed by atoms with van der Waals surface area (Å²) in [6.07, 6.45) is 0.670. The van der Waals surface area contributed by atoms with Gasteiger partial charge in [-0.3, -0.25) is 0 Å². The molecular formula is C15H24BrNO2S. The third-order valence-corrected chi connectivity index (χ3v) is 5.21. The second-order valence-electron chi connectivity index (χ2n) is 6.13. The fourth-order valence-electron chi connectivity index (χ4n) is 1.76. The van der Waals surface area contributed by atoms with Gasteiger partial charge in [0.15, 0.2) is 0 Å². The van der Waals surface area contributed by atoms with Crippen LogP contribution in [0.15, 0.2) is 30.3 Å². The lowest BCUT2D eigenvalue weighted by molar-refractivity contribution is 0.381. The largest absolute Gasteiger partial charge is 0.214 e. The average Bonchev–Trinajstić information content (AvgIpc) is 2.37. The second-order valence-corrected chi connectivity index (χ2v) is 9.02. The Morgan fingerprint density at radius 3 is 2.25 bits per heavy atom. The van der Waals surface area contributed by atoms with E-state index in [1.165, 1.54) is 0 Å². The Bertz CT molecular complexity index is 494. The zero-order chi connectivity index (χ0) is 15.2. The van der Waals surface area contributed by atoms with Gasteiger partial charge < -0.3 is 0 Å². The lowest BCUT2D eigenvalue weighted by atomic mass is 9.94. The number of rotatable bonds is 7. The smallest absolute Gasteiger partial charge is 0.212 e. The molecule has 0 bridgehead atoms. The minimum absolute atomic E-state index is 0.0277. The van der Waals surface area contributed by atoms with Crippen LogP contribution in [0.1, 0.15) is 32.8 Å². The van der Waals surface area contributed by atoms with Crippen LogP contribution in [0.4, 0.5) is 0 Å². The van der Waals surface area contributed by atoms with Gasteiger partial charge in [0.25, 0.3) is 0 Å². The van der Waals surface area contributed by atoms with Crippen LogP contribution in [-0.4, -0.2) is 30.4 Å².